The third kappa shape index (κ3) is 2.41. The molecule has 11 heavy (non-hydrogen) atoms. The average Bonchev–Trinajstić information content (AvgIpc) is 2.37. The standard InChI is InChI=1S/C7H11N3O/c1-6-4-9-7(10-6)2-3-8-5-11/h4-5H,2-3H2,1H3,(H,8,11)(H,9,10). The summed E-state index contributed by atoms with van der Waals surface area (Å²) in [6.45, 7) is 2.58. The van der Waals surface area contributed by atoms with E-state index in [-0.39, 0.29) is 0 Å². The number of hydrogen-bond acceptors (Lipinski definition) is 2. The first kappa shape index (κ1) is 7.78. The van der Waals surface area contributed by atoms with E-state index in [1.165, 1.54) is 0 Å². The Kier molecular flexibility index (Phi) is 2.66. The fraction of sp³-hybridized carbons (Fsp3) is 0.429. The van der Waals surface area contributed by atoms with E-state index in [2.05, 4.69) is 15.3 Å². The van der Waals surface area contributed by atoms with Gasteiger partial charge >= 0.3 is 0 Å². The Labute approximate surface area is 65.0 Å². The van der Waals surface area contributed by atoms with Crippen molar-refractivity contribution in [1.29, 1.82) is 0 Å². The van der Waals surface area contributed by atoms with E-state index in [4.69, 9.17) is 0 Å². The highest BCUT2D eigenvalue weighted by Gasteiger charge is 1.94. The molecular weight excluding hydrogens is 142 g/mol. The molecular formula is C7H11N3O. The van der Waals surface area contributed by atoms with Crippen LogP contribution in [0.15, 0.2) is 6.20 Å². The summed E-state index contributed by atoms with van der Waals surface area (Å²) in [6, 6.07) is 0. The number of imidazole rings is 1. The maximum Gasteiger partial charge on any atom is 0.207 e. The number of hydrogen-bond donors (Lipinski definition) is 2. The monoisotopic (exact) mass is 153 g/mol. The Bertz CT molecular complexity index is 231. The molecule has 1 aromatic heterocycles. The molecule has 4 heteroatoms. The van der Waals surface area contributed by atoms with Gasteiger partial charge in [0.2, 0.25) is 6.41 Å². The molecule has 1 heterocycles. The Morgan fingerprint density at radius 3 is 3.18 bits per heavy atom. The van der Waals surface area contributed by atoms with Gasteiger partial charge in [0.15, 0.2) is 0 Å². The smallest absolute Gasteiger partial charge is 0.207 e. The minimum atomic E-state index is 0.635. The molecule has 0 atom stereocenters. The van der Waals surface area contributed by atoms with Gasteiger partial charge in [-0.1, -0.05) is 0 Å². The molecule has 60 valence electrons. The summed E-state index contributed by atoms with van der Waals surface area (Å²) < 4.78 is 0. The molecule has 0 aliphatic rings. The van der Waals surface area contributed by atoms with Crippen molar-refractivity contribution in [2.45, 2.75) is 13.3 Å². The summed E-state index contributed by atoms with van der Waals surface area (Å²) in [5.41, 5.74) is 1.05. The van der Waals surface area contributed by atoms with E-state index in [9.17, 15) is 4.79 Å². The quantitative estimate of drug-likeness (QED) is 0.472. The van der Waals surface area contributed by atoms with E-state index in [0.29, 0.717) is 13.0 Å². The first-order valence-electron chi connectivity index (χ1n) is 3.50. The Hall–Kier alpha value is -1.32. The minimum Gasteiger partial charge on any atom is -0.358 e. The summed E-state index contributed by atoms with van der Waals surface area (Å²) in [4.78, 5) is 17.0. The predicted octanol–water partition coefficient (Wildman–Crippen LogP) is 0.00662. The molecule has 1 rings (SSSR count). The zero-order valence-corrected chi connectivity index (χ0v) is 6.42. The van der Waals surface area contributed by atoms with Crippen molar-refractivity contribution >= 4 is 6.41 Å². The van der Waals surface area contributed by atoms with Crippen LogP contribution >= 0.6 is 0 Å². The number of aromatic amines is 1. The topological polar surface area (TPSA) is 57.8 Å². The van der Waals surface area contributed by atoms with Crippen molar-refractivity contribution in [2.24, 2.45) is 0 Å². The number of carbonyl (C=O) groups excluding carboxylic acids is 1. The lowest BCUT2D eigenvalue weighted by Crippen LogP contribution is -2.14. The number of aryl methyl sites for hydroxylation is 1. The molecule has 1 amide bonds. The van der Waals surface area contributed by atoms with Crippen molar-refractivity contribution in [1.82, 2.24) is 15.3 Å². The molecule has 0 radical (unpaired) electrons. The molecule has 0 aliphatic carbocycles. The highest BCUT2D eigenvalue weighted by atomic mass is 16.1. The minimum absolute atomic E-state index is 0.635. The molecule has 4 nitrogen and oxygen atoms in total. The van der Waals surface area contributed by atoms with Gasteiger partial charge in [-0.25, -0.2) is 4.98 Å². The van der Waals surface area contributed by atoms with Gasteiger partial charge in [-0.05, 0) is 6.92 Å². The van der Waals surface area contributed by atoms with Crippen LogP contribution in [0.25, 0.3) is 0 Å². The van der Waals surface area contributed by atoms with E-state index in [1.807, 2.05) is 6.92 Å². The molecule has 2 N–H and O–H groups in total. The number of amides is 1. The van der Waals surface area contributed by atoms with Crippen LogP contribution in [0.5, 0.6) is 0 Å². The maximum atomic E-state index is 9.86. The highest BCUT2D eigenvalue weighted by Crippen LogP contribution is 1.93. The molecule has 0 aromatic carbocycles. The van der Waals surface area contributed by atoms with Gasteiger partial charge in [0.05, 0.1) is 0 Å². The fourth-order valence-electron chi connectivity index (χ4n) is 0.843. The second-order valence-corrected chi connectivity index (χ2v) is 2.33. The number of carbonyl (C=O) groups is 1. The zero-order chi connectivity index (χ0) is 8.10. The van der Waals surface area contributed by atoms with Crippen molar-refractivity contribution in [3.8, 4) is 0 Å². The second-order valence-electron chi connectivity index (χ2n) is 2.33. The first-order chi connectivity index (χ1) is 5.33. The fourth-order valence-corrected chi connectivity index (χ4v) is 0.843. The zero-order valence-electron chi connectivity index (χ0n) is 6.42. The Morgan fingerprint density at radius 2 is 2.64 bits per heavy atom. The van der Waals surface area contributed by atoms with Gasteiger partial charge in [0, 0.05) is 24.9 Å². The lowest BCUT2D eigenvalue weighted by atomic mass is 10.4. The second kappa shape index (κ2) is 3.75. The molecule has 0 saturated carbocycles. The number of nitrogens with one attached hydrogen (secondary N) is 2. The van der Waals surface area contributed by atoms with Crippen LogP contribution in [0.1, 0.15) is 11.5 Å². The maximum absolute atomic E-state index is 9.86. The molecule has 0 aliphatic heterocycles. The average molecular weight is 153 g/mol. The van der Waals surface area contributed by atoms with Crippen LogP contribution in [0.3, 0.4) is 0 Å². The molecule has 0 spiro atoms. The summed E-state index contributed by atoms with van der Waals surface area (Å²) in [5.74, 6) is 0.914. The predicted molar refractivity (Wildman–Crippen MR) is 41.1 cm³/mol. The van der Waals surface area contributed by atoms with Gasteiger partial charge < -0.3 is 10.3 Å². The van der Waals surface area contributed by atoms with Crippen LogP contribution in [-0.4, -0.2) is 22.9 Å². The van der Waals surface area contributed by atoms with Gasteiger partial charge in [0.25, 0.3) is 0 Å². The van der Waals surface area contributed by atoms with Crippen LogP contribution < -0.4 is 5.32 Å². The van der Waals surface area contributed by atoms with Crippen LogP contribution in [-0.2, 0) is 11.2 Å². The van der Waals surface area contributed by atoms with Gasteiger partial charge in [-0.15, -0.1) is 0 Å². The normalized spacial score (nSPS) is 9.55. The number of rotatable bonds is 4. The van der Waals surface area contributed by atoms with Crippen molar-refractivity contribution < 1.29 is 4.79 Å². The molecule has 1 aromatic rings. The van der Waals surface area contributed by atoms with E-state index in [0.717, 1.165) is 17.9 Å². The SMILES string of the molecule is Cc1cnc(CCNC=O)[nH]1. The van der Waals surface area contributed by atoms with Gasteiger partial charge in [0.1, 0.15) is 5.82 Å². The largest absolute Gasteiger partial charge is 0.358 e. The molecule has 0 fully saturated rings. The molecule has 0 bridgehead atoms. The summed E-state index contributed by atoms with van der Waals surface area (Å²) in [5, 5.41) is 2.57. The summed E-state index contributed by atoms with van der Waals surface area (Å²) in [6.07, 6.45) is 3.22. The van der Waals surface area contributed by atoms with Gasteiger partial charge in [-0.2, -0.15) is 0 Å². The van der Waals surface area contributed by atoms with Crippen LogP contribution in [0.2, 0.25) is 0 Å². The molecule has 0 unspecified atom stereocenters. The van der Waals surface area contributed by atoms with E-state index < -0.39 is 0 Å². The van der Waals surface area contributed by atoms with E-state index in [1.54, 1.807) is 6.20 Å². The number of aromatic nitrogens is 2. The number of H-pyrrole nitrogens is 1. The Morgan fingerprint density at radius 1 is 1.82 bits per heavy atom. The van der Waals surface area contributed by atoms with E-state index >= 15 is 0 Å². The van der Waals surface area contributed by atoms with Crippen molar-refractivity contribution in [3.05, 3.63) is 17.7 Å². The highest BCUT2D eigenvalue weighted by molar-refractivity contribution is 5.45. The van der Waals surface area contributed by atoms with Crippen molar-refractivity contribution in [2.75, 3.05) is 6.54 Å². The lowest BCUT2D eigenvalue weighted by molar-refractivity contribution is -0.109. The molecule has 0 saturated heterocycles. The summed E-state index contributed by atoms with van der Waals surface area (Å²) >= 11 is 0. The number of nitrogens with zero attached hydrogens (tertiary/aromatic N) is 1. The summed E-state index contributed by atoms with van der Waals surface area (Å²) in [7, 11) is 0. The van der Waals surface area contributed by atoms with Crippen LogP contribution in [0, 0.1) is 6.92 Å². The third-order valence-corrected chi connectivity index (χ3v) is 1.34. The first-order valence-corrected chi connectivity index (χ1v) is 3.50. The lowest BCUT2D eigenvalue weighted by Gasteiger charge is -1.93. The Balaban J connectivity index is 2.32. The van der Waals surface area contributed by atoms with Crippen LogP contribution in [0.4, 0.5) is 0 Å². The van der Waals surface area contributed by atoms with Gasteiger partial charge in [-0.3, -0.25) is 4.79 Å². The van der Waals surface area contributed by atoms with Crippen molar-refractivity contribution in [3.63, 3.8) is 0 Å². The third-order valence-electron chi connectivity index (χ3n) is 1.34.